The summed E-state index contributed by atoms with van der Waals surface area (Å²) in [5.41, 5.74) is 0. The van der Waals surface area contributed by atoms with Crippen LogP contribution in [0.3, 0.4) is 0 Å². The number of hydrogen-bond acceptors (Lipinski definition) is 4. The number of aliphatic hydroxyl groups is 1. The van der Waals surface area contributed by atoms with Gasteiger partial charge < -0.3 is 14.6 Å². The molecule has 0 aliphatic rings. The summed E-state index contributed by atoms with van der Waals surface area (Å²) in [6.45, 7) is 5.39. The van der Waals surface area contributed by atoms with Crippen molar-refractivity contribution in [2.24, 2.45) is 0 Å². The van der Waals surface area contributed by atoms with Gasteiger partial charge in [0, 0.05) is 13.0 Å². The van der Waals surface area contributed by atoms with Gasteiger partial charge in [-0.3, -0.25) is 4.79 Å². The Bertz CT molecular complexity index is 792. The lowest BCUT2D eigenvalue weighted by atomic mass is 10.0. The number of carbonyl (C=O) groups is 1. The number of allylic oxidation sites excluding steroid dienone is 4. The Morgan fingerprint density at radius 3 is 1.11 bits per heavy atom. The molecule has 332 valence electrons. The molecule has 0 aromatic rings. The minimum Gasteiger partial charge on any atom is -0.457 e. The van der Waals surface area contributed by atoms with Crippen LogP contribution in [0.4, 0.5) is 0 Å². The summed E-state index contributed by atoms with van der Waals surface area (Å²) in [5.74, 6) is -0.194. The number of esters is 1. The third kappa shape index (κ3) is 47.2. The summed E-state index contributed by atoms with van der Waals surface area (Å²) in [5, 5.41) is 9.64. The molecule has 4 heteroatoms. The molecule has 1 unspecified atom stereocenters. The quantitative estimate of drug-likeness (QED) is 0.0379. The normalized spacial score (nSPS) is 12.4. The Morgan fingerprint density at radius 2 is 0.750 bits per heavy atom. The summed E-state index contributed by atoms with van der Waals surface area (Å²) >= 11 is 0. The Morgan fingerprint density at radius 1 is 0.429 bits per heavy atom. The van der Waals surface area contributed by atoms with E-state index >= 15 is 0 Å². The van der Waals surface area contributed by atoms with Crippen LogP contribution in [0.2, 0.25) is 0 Å². The molecule has 0 amide bonds. The number of unbranched alkanes of at least 4 members (excludes halogenated alkanes) is 36. The smallest absolute Gasteiger partial charge is 0.306 e. The van der Waals surface area contributed by atoms with Gasteiger partial charge in [0.1, 0.15) is 6.10 Å². The molecule has 4 nitrogen and oxygen atoms in total. The van der Waals surface area contributed by atoms with Crippen LogP contribution in [-0.4, -0.2) is 37.0 Å². The molecule has 0 spiro atoms. The van der Waals surface area contributed by atoms with Gasteiger partial charge in [0.05, 0.1) is 13.2 Å². The van der Waals surface area contributed by atoms with E-state index in [0.717, 1.165) is 25.7 Å². The SMILES string of the molecule is CCCCCCC/C=C\C/C=C\CCCCCCCCCCCCCCCCOCC(CO)OC(=O)CCCCCCCCCCCCCCCCCCCC. The molecule has 0 rings (SSSR count). The fourth-order valence-corrected chi connectivity index (χ4v) is 7.71. The van der Waals surface area contributed by atoms with Crippen molar-refractivity contribution >= 4 is 5.97 Å². The van der Waals surface area contributed by atoms with Gasteiger partial charge in [-0.05, 0) is 44.9 Å². The molecule has 0 radical (unpaired) electrons. The molecule has 1 atom stereocenters. The van der Waals surface area contributed by atoms with Crippen LogP contribution in [0.15, 0.2) is 24.3 Å². The zero-order valence-electron chi connectivity index (χ0n) is 38.2. The topological polar surface area (TPSA) is 55.8 Å². The van der Waals surface area contributed by atoms with Crippen molar-refractivity contribution in [3.63, 3.8) is 0 Å². The molecule has 0 heterocycles. The van der Waals surface area contributed by atoms with Gasteiger partial charge in [0.15, 0.2) is 0 Å². The van der Waals surface area contributed by atoms with Gasteiger partial charge in [0.25, 0.3) is 0 Å². The summed E-state index contributed by atoms with van der Waals surface area (Å²) in [4.78, 5) is 12.2. The van der Waals surface area contributed by atoms with E-state index in [1.165, 1.54) is 231 Å². The first-order valence-electron chi connectivity index (χ1n) is 25.4. The largest absolute Gasteiger partial charge is 0.457 e. The van der Waals surface area contributed by atoms with Crippen LogP contribution in [0.5, 0.6) is 0 Å². The van der Waals surface area contributed by atoms with Gasteiger partial charge in [-0.15, -0.1) is 0 Å². The van der Waals surface area contributed by atoms with Gasteiger partial charge in [-0.1, -0.05) is 250 Å². The van der Waals surface area contributed by atoms with Crippen molar-refractivity contribution in [2.45, 2.75) is 283 Å². The molecule has 0 fully saturated rings. The second-order valence-corrected chi connectivity index (χ2v) is 17.2. The summed E-state index contributed by atoms with van der Waals surface area (Å²) < 4.78 is 11.2. The number of aliphatic hydroxyl groups excluding tert-OH is 1. The van der Waals surface area contributed by atoms with Crippen molar-refractivity contribution in [1.82, 2.24) is 0 Å². The number of hydrogen-bond donors (Lipinski definition) is 1. The van der Waals surface area contributed by atoms with Gasteiger partial charge in [0.2, 0.25) is 0 Å². The first kappa shape index (κ1) is 54.9. The van der Waals surface area contributed by atoms with Crippen molar-refractivity contribution in [3.05, 3.63) is 24.3 Å². The average Bonchev–Trinajstić information content (AvgIpc) is 3.20. The van der Waals surface area contributed by atoms with E-state index in [1.807, 2.05) is 0 Å². The van der Waals surface area contributed by atoms with E-state index in [4.69, 9.17) is 9.47 Å². The molecule has 1 N–H and O–H groups in total. The first-order valence-corrected chi connectivity index (χ1v) is 25.4. The molecule has 0 aliphatic carbocycles. The lowest BCUT2D eigenvalue weighted by Crippen LogP contribution is -2.27. The maximum atomic E-state index is 12.2. The van der Waals surface area contributed by atoms with Crippen LogP contribution in [0, 0.1) is 0 Å². The maximum absolute atomic E-state index is 12.2. The minimum absolute atomic E-state index is 0.166. The van der Waals surface area contributed by atoms with Crippen molar-refractivity contribution in [1.29, 1.82) is 0 Å². The van der Waals surface area contributed by atoms with Crippen LogP contribution in [0.1, 0.15) is 277 Å². The summed E-state index contributed by atoms with van der Waals surface area (Å²) in [7, 11) is 0. The van der Waals surface area contributed by atoms with Crippen LogP contribution >= 0.6 is 0 Å². The Labute approximate surface area is 351 Å². The summed E-state index contributed by atoms with van der Waals surface area (Å²) in [6.07, 6.45) is 62.7. The predicted molar refractivity (Wildman–Crippen MR) is 247 cm³/mol. The molecular formula is C52H100O4. The van der Waals surface area contributed by atoms with E-state index in [1.54, 1.807) is 0 Å². The molecule has 56 heavy (non-hydrogen) atoms. The van der Waals surface area contributed by atoms with E-state index in [9.17, 15) is 9.90 Å². The molecule has 0 aromatic carbocycles. The van der Waals surface area contributed by atoms with E-state index < -0.39 is 6.10 Å². The highest BCUT2D eigenvalue weighted by Gasteiger charge is 2.13. The summed E-state index contributed by atoms with van der Waals surface area (Å²) in [6, 6.07) is 0. The lowest BCUT2D eigenvalue weighted by Gasteiger charge is -2.16. The van der Waals surface area contributed by atoms with Gasteiger partial charge >= 0.3 is 5.97 Å². The second-order valence-electron chi connectivity index (χ2n) is 17.2. The van der Waals surface area contributed by atoms with Crippen molar-refractivity contribution < 1.29 is 19.4 Å². The van der Waals surface area contributed by atoms with Crippen molar-refractivity contribution in [2.75, 3.05) is 19.8 Å². The molecular weight excluding hydrogens is 689 g/mol. The highest BCUT2D eigenvalue weighted by atomic mass is 16.6. The lowest BCUT2D eigenvalue weighted by molar-refractivity contribution is -0.154. The minimum atomic E-state index is -0.530. The van der Waals surface area contributed by atoms with Crippen LogP contribution in [0.25, 0.3) is 0 Å². The average molecular weight is 789 g/mol. The predicted octanol–water partition coefficient (Wildman–Crippen LogP) is 17.1. The Kier molecular flexibility index (Phi) is 49.0. The van der Waals surface area contributed by atoms with Gasteiger partial charge in [-0.2, -0.15) is 0 Å². The molecule has 0 bridgehead atoms. The van der Waals surface area contributed by atoms with Crippen LogP contribution < -0.4 is 0 Å². The number of ether oxygens (including phenoxy) is 2. The third-order valence-electron chi connectivity index (χ3n) is 11.5. The van der Waals surface area contributed by atoms with E-state index in [2.05, 4.69) is 38.2 Å². The fourth-order valence-electron chi connectivity index (χ4n) is 7.71. The fraction of sp³-hybridized carbons (Fsp3) is 0.904. The molecule has 0 saturated carbocycles. The van der Waals surface area contributed by atoms with E-state index in [0.29, 0.717) is 19.6 Å². The highest BCUT2D eigenvalue weighted by Crippen LogP contribution is 2.16. The molecule has 0 aliphatic heterocycles. The van der Waals surface area contributed by atoms with Crippen molar-refractivity contribution in [3.8, 4) is 0 Å². The van der Waals surface area contributed by atoms with E-state index in [-0.39, 0.29) is 12.6 Å². The number of rotatable bonds is 48. The standard InChI is InChI=1S/C52H100O4/c1-3-5-7-9-11-13-15-17-19-21-23-24-25-26-27-28-29-30-32-34-36-38-40-42-44-46-48-55-50-51(49-53)56-52(54)47-45-43-41-39-37-35-33-31-22-20-18-16-14-12-10-8-6-4-2/h15,17,21,23,51,53H,3-14,16,18-20,22,24-50H2,1-2H3/b17-15-,23-21-. The van der Waals surface area contributed by atoms with Gasteiger partial charge in [-0.25, -0.2) is 0 Å². The molecule has 0 aromatic heterocycles. The van der Waals surface area contributed by atoms with Crippen LogP contribution in [-0.2, 0) is 14.3 Å². The zero-order valence-corrected chi connectivity index (χ0v) is 38.2. The number of carbonyl (C=O) groups excluding carboxylic acids is 1. The first-order chi connectivity index (χ1) is 27.7. The Hall–Kier alpha value is -1.13. The monoisotopic (exact) mass is 789 g/mol. The maximum Gasteiger partial charge on any atom is 0.306 e. The second kappa shape index (κ2) is 50.0. The Balaban J connectivity index is 3.35. The molecule has 0 saturated heterocycles. The third-order valence-corrected chi connectivity index (χ3v) is 11.5. The zero-order chi connectivity index (χ0) is 40.5. The highest BCUT2D eigenvalue weighted by molar-refractivity contribution is 5.69.